The average Bonchev–Trinajstić information content (AvgIpc) is 2.32. The molecule has 0 aliphatic carbocycles. The third kappa shape index (κ3) is 3.85. The van der Waals surface area contributed by atoms with E-state index < -0.39 is 5.92 Å². The first-order chi connectivity index (χ1) is 8.45. The molecule has 3 nitrogen and oxygen atoms in total. The van der Waals surface area contributed by atoms with Crippen LogP contribution in [0.3, 0.4) is 0 Å². The predicted molar refractivity (Wildman–Crippen MR) is 74.6 cm³/mol. The van der Waals surface area contributed by atoms with Crippen molar-refractivity contribution in [3.05, 3.63) is 34.3 Å². The van der Waals surface area contributed by atoms with Gasteiger partial charge in [-0.1, -0.05) is 41.9 Å². The van der Waals surface area contributed by atoms with Crippen LogP contribution < -0.4 is 0 Å². The second kappa shape index (κ2) is 6.55. The highest BCUT2D eigenvalue weighted by molar-refractivity contribution is 9.10. The quantitative estimate of drug-likeness (QED) is 0.857. The maximum absolute atomic E-state index is 12.1. The van der Waals surface area contributed by atoms with Crippen molar-refractivity contribution in [2.45, 2.75) is 20.4 Å². The van der Waals surface area contributed by atoms with Gasteiger partial charge in [-0.05, 0) is 23.6 Å². The molecule has 4 heteroatoms. The molecule has 18 heavy (non-hydrogen) atoms. The zero-order chi connectivity index (χ0) is 13.7. The molecule has 0 aliphatic heterocycles. The van der Waals surface area contributed by atoms with Crippen LogP contribution in [0.15, 0.2) is 28.7 Å². The molecular formula is C14H17BrN2O. The summed E-state index contributed by atoms with van der Waals surface area (Å²) in [6.07, 6.45) is 0. The van der Waals surface area contributed by atoms with Crippen LogP contribution >= 0.6 is 15.9 Å². The van der Waals surface area contributed by atoms with Crippen molar-refractivity contribution >= 4 is 21.8 Å². The van der Waals surface area contributed by atoms with Gasteiger partial charge in [-0.3, -0.25) is 4.79 Å². The summed E-state index contributed by atoms with van der Waals surface area (Å²) in [5.74, 6) is -0.643. The number of carbonyl (C=O) groups is 1. The Morgan fingerprint density at radius 2 is 1.94 bits per heavy atom. The molecule has 0 bridgehead atoms. The Labute approximate surface area is 117 Å². The van der Waals surface area contributed by atoms with E-state index >= 15 is 0 Å². The third-order valence-corrected chi connectivity index (χ3v) is 3.31. The van der Waals surface area contributed by atoms with Crippen LogP contribution in [0, 0.1) is 23.2 Å². The average molecular weight is 309 g/mol. The summed E-state index contributed by atoms with van der Waals surface area (Å²) < 4.78 is 1.01. The maximum atomic E-state index is 12.1. The van der Waals surface area contributed by atoms with Crippen LogP contribution in [0.4, 0.5) is 0 Å². The SMILES string of the molecule is CC(C)C(C#N)C(=O)N(C)Cc1ccc(Br)cc1. The molecular weight excluding hydrogens is 292 g/mol. The first kappa shape index (κ1) is 14.7. The van der Waals surface area contributed by atoms with Gasteiger partial charge in [-0.25, -0.2) is 0 Å². The molecule has 1 amide bonds. The number of nitrogens with zero attached hydrogens (tertiary/aromatic N) is 2. The van der Waals surface area contributed by atoms with E-state index in [4.69, 9.17) is 5.26 Å². The highest BCUT2D eigenvalue weighted by Crippen LogP contribution is 2.16. The number of amides is 1. The van der Waals surface area contributed by atoms with Crippen molar-refractivity contribution in [2.75, 3.05) is 7.05 Å². The molecule has 0 aromatic heterocycles. The summed E-state index contributed by atoms with van der Waals surface area (Å²) in [4.78, 5) is 13.7. The summed E-state index contributed by atoms with van der Waals surface area (Å²) in [5.41, 5.74) is 1.05. The van der Waals surface area contributed by atoms with Gasteiger partial charge in [-0.15, -0.1) is 0 Å². The molecule has 0 saturated heterocycles. The zero-order valence-corrected chi connectivity index (χ0v) is 12.4. The topological polar surface area (TPSA) is 44.1 Å². The molecule has 0 spiro atoms. The first-order valence-corrected chi connectivity index (χ1v) is 6.64. The molecule has 0 radical (unpaired) electrons. The van der Waals surface area contributed by atoms with E-state index in [1.165, 1.54) is 0 Å². The molecule has 0 aliphatic rings. The Bertz CT molecular complexity index is 448. The fourth-order valence-electron chi connectivity index (χ4n) is 1.67. The van der Waals surface area contributed by atoms with Crippen molar-refractivity contribution in [1.82, 2.24) is 4.90 Å². The summed E-state index contributed by atoms with van der Waals surface area (Å²) in [5, 5.41) is 9.01. The van der Waals surface area contributed by atoms with E-state index in [0.717, 1.165) is 10.0 Å². The molecule has 1 unspecified atom stereocenters. The van der Waals surface area contributed by atoms with E-state index in [9.17, 15) is 4.79 Å². The molecule has 0 N–H and O–H groups in total. The highest BCUT2D eigenvalue weighted by Gasteiger charge is 2.24. The lowest BCUT2D eigenvalue weighted by atomic mass is 9.96. The van der Waals surface area contributed by atoms with Gasteiger partial charge in [0, 0.05) is 18.1 Å². The normalized spacial score (nSPS) is 12.0. The second-order valence-electron chi connectivity index (χ2n) is 4.67. The molecule has 0 heterocycles. The maximum Gasteiger partial charge on any atom is 0.240 e. The number of rotatable bonds is 4. The Morgan fingerprint density at radius 1 is 1.39 bits per heavy atom. The summed E-state index contributed by atoms with van der Waals surface area (Å²) in [6, 6.07) is 9.89. The second-order valence-corrected chi connectivity index (χ2v) is 5.59. The largest absolute Gasteiger partial charge is 0.340 e. The van der Waals surface area contributed by atoms with E-state index in [1.54, 1.807) is 11.9 Å². The fourth-order valence-corrected chi connectivity index (χ4v) is 1.93. The van der Waals surface area contributed by atoms with Crippen LogP contribution in [0.2, 0.25) is 0 Å². The van der Waals surface area contributed by atoms with Crippen LogP contribution in [-0.4, -0.2) is 17.9 Å². The predicted octanol–water partition coefficient (Wildman–Crippen LogP) is 3.20. The van der Waals surface area contributed by atoms with Gasteiger partial charge in [0.25, 0.3) is 0 Å². The highest BCUT2D eigenvalue weighted by atomic mass is 79.9. The first-order valence-electron chi connectivity index (χ1n) is 5.84. The Kier molecular flexibility index (Phi) is 5.36. The Morgan fingerprint density at radius 3 is 2.39 bits per heavy atom. The molecule has 96 valence electrons. The van der Waals surface area contributed by atoms with Crippen molar-refractivity contribution in [3.63, 3.8) is 0 Å². The van der Waals surface area contributed by atoms with Gasteiger partial charge in [0.05, 0.1) is 6.07 Å². The monoisotopic (exact) mass is 308 g/mol. The Balaban J connectivity index is 2.71. The summed E-state index contributed by atoms with van der Waals surface area (Å²) in [7, 11) is 1.73. The van der Waals surface area contributed by atoms with E-state index in [1.807, 2.05) is 38.1 Å². The van der Waals surface area contributed by atoms with Crippen molar-refractivity contribution in [2.24, 2.45) is 11.8 Å². The summed E-state index contributed by atoms with van der Waals surface area (Å²) in [6.45, 7) is 4.30. The molecule has 0 saturated carbocycles. The molecule has 0 fully saturated rings. The minimum Gasteiger partial charge on any atom is -0.340 e. The van der Waals surface area contributed by atoms with Crippen LogP contribution in [0.1, 0.15) is 19.4 Å². The lowest BCUT2D eigenvalue weighted by Crippen LogP contribution is -2.34. The molecule has 1 rings (SSSR count). The van der Waals surface area contributed by atoms with Gasteiger partial charge >= 0.3 is 0 Å². The lowest BCUT2D eigenvalue weighted by Gasteiger charge is -2.22. The zero-order valence-electron chi connectivity index (χ0n) is 10.9. The van der Waals surface area contributed by atoms with Gasteiger partial charge in [-0.2, -0.15) is 5.26 Å². The smallest absolute Gasteiger partial charge is 0.240 e. The minimum atomic E-state index is -0.564. The number of halogens is 1. The number of hydrogen-bond donors (Lipinski definition) is 0. The van der Waals surface area contributed by atoms with Crippen molar-refractivity contribution < 1.29 is 4.79 Å². The molecule has 1 atom stereocenters. The van der Waals surface area contributed by atoms with Crippen LogP contribution in [0.25, 0.3) is 0 Å². The minimum absolute atomic E-state index is 0.0369. The molecule has 1 aromatic rings. The van der Waals surface area contributed by atoms with E-state index in [0.29, 0.717) is 6.54 Å². The number of hydrogen-bond acceptors (Lipinski definition) is 2. The summed E-state index contributed by atoms with van der Waals surface area (Å²) >= 11 is 3.37. The Hall–Kier alpha value is -1.34. The van der Waals surface area contributed by atoms with E-state index in [-0.39, 0.29) is 11.8 Å². The number of carbonyl (C=O) groups excluding carboxylic acids is 1. The fraction of sp³-hybridized carbons (Fsp3) is 0.429. The van der Waals surface area contributed by atoms with Crippen LogP contribution in [-0.2, 0) is 11.3 Å². The standard InChI is InChI=1S/C14H17BrN2O/c1-10(2)13(8-16)14(18)17(3)9-11-4-6-12(15)7-5-11/h4-7,10,13H,9H2,1-3H3. The number of nitriles is 1. The van der Waals surface area contributed by atoms with Gasteiger partial charge in [0.2, 0.25) is 5.91 Å². The number of benzene rings is 1. The van der Waals surface area contributed by atoms with E-state index in [2.05, 4.69) is 22.0 Å². The van der Waals surface area contributed by atoms with Crippen LogP contribution in [0.5, 0.6) is 0 Å². The third-order valence-electron chi connectivity index (χ3n) is 2.78. The lowest BCUT2D eigenvalue weighted by molar-refractivity contribution is -0.134. The van der Waals surface area contributed by atoms with Gasteiger partial charge in [0.15, 0.2) is 0 Å². The van der Waals surface area contributed by atoms with Gasteiger partial charge < -0.3 is 4.90 Å². The molecule has 1 aromatic carbocycles. The van der Waals surface area contributed by atoms with Crippen molar-refractivity contribution in [1.29, 1.82) is 5.26 Å². The van der Waals surface area contributed by atoms with Gasteiger partial charge in [0.1, 0.15) is 5.92 Å². The van der Waals surface area contributed by atoms with Crippen molar-refractivity contribution in [3.8, 4) is 6.07 Å².